The molecule has 1 unspecified atom stereocenters. The Bertz CT molecular complexity index is 373. The molecule has 0 aromatic heterocycles. The number of nitrogens with one attached hydrogen (secondary N) is 1. The number of aliphatic hydroxyl groups is 1. The lowest BCUT2D eigenvalue weighted by molar-refractivity contribution is -0.128. The van der Waals surface area contributed by atoms with Crippen molar-refractivity contribution >= 4 is 5.78 Å². The minimum absolute atomic E-state index is 0.00207. The van der Waals surface area contributed by atoms with Crippen LogP contribution in [0.15, 0.2) is 30.3 Å². The van der Waals surface area contributed by atoms with Crippen LogP contribution in [-0.2, 0) is 4.79 Å². The Morgan fingerprint density at radius 3 is 2.65 bits per heavy atom. The summed E-state index contributed by atoms with van der Waals surface area (Å²) in [6.45, 7) is 2.37. The number of Topliss-reactive ketones (excluding diaryl/α,β-unsaturated/α-hetero) is 1. The molecule has 2 N–H and O–H groups in total. The topological polar surface area (TPSA) is 49.3 Å². The summed E-state index contributed by atoms with van der Waals surface area (Å²) in [6.07, 6.45) is 1.04. The maximum atomic E-state index is 11.6. The van der Waals surface area contributed by atoms with E-state index in [-0.39, 0.29) is 17.7 Å². The van der Waals surface area contributed by atoms with E-state index >= 15 is 0 Å². The van der Waals surface area contributed by atoms with E-state index < -0.39 is 6.10 Å². The van der Waals surface area contributed by atoms with E-state index in [1.54, 1.807) is 0 Å². The summed E-state index contributed by atoms with van der Waals surface area (Å²) >= 11 is 0. The summed E-state index contributed by atoms with van der Waals surface area (Å²) in [6, 6.07) is 10.2. The highest BCUT2D eigenvalue weighted by Gasteiger charge is 2.33. The molecule has 1 aliphatic carbocycles. The normalized spacial score (nSPS) is 18.7. The van der Waals surface area contributed by atoms with Crippen LogP contribution in [0.25, 0.3) is 0 Å². The van der Waals surface area contributed by atoms with E-state index in [0.717, 1.165) is 12.8 Å². The molecule has 1 aromatic carbocycles. The molecule has 3 nitrogen and oxygen atoms in total. The Labute approximate surface area is 102 Å². The summed E-state index contributed by atoms with van der Waals surface area (Å²) in [7, 11) is 0. The van der Waals surface area contributed by atoms with Gasteiger partial charge >= 0.3 is 0 Å². The van der Waals surface area contributed by atoms with Gasteiger partial charge in [0, 0.05) is 18.5 Å². The quantitative estimate of drug-likeness (QED) is 0.786. The molecule has 1 fully saturated rings. The smallest absolute Gasteiger partial charge is 0.165 e. The molecule has 0 spiro atoms. The summed E-state index contributed by atoms with van der Waals surface area (Å²) in [5, 5.41) is 12.9. The van der Waals surface area contributed by atoms with Gasteiger partial charge in [-0.2, -0.15) is 0 Å². The predicted molar refractivity (Wildman–Crippen MR) is 66.6 cm³/mol. The molecule has 0 bridgehead atoms. The Kier molecular flexibility index (Phi) is 3.92. The van der Waals surface area contributed by atoms with Crippen molar-refractivity contribution in [1.29, 1.82) is 0 Å². The molecule has 0 saturated heterocycles. The summed E-state index contributed by atoms with van der Waals surface area (Å²) in [4.78, 5) is 11.6. The second kappa shape index (κ2) is 5.43. The molecular weight excluding hydrogens is 214 g/mol. The predicted octanol–water partition coefficient (Wildman–Crippen LogP) is 1.68. The number of carbonyl (C=O) groups is 1. The van der Waals surface area contributed by atoms with Crippen LogP contribution in [0.5, 0.6) is 0 Å². The van der Waals surface area contributed by atoms with Gasteiger partial charge in [-0.15, -0.1) is 0 Å². The Balaban J connectivity index is 1.79. The van der Waals surface area contributed by atoms with E-state index in [9.17, 15) is 9.90 Å². The molecule has 0 heterocycles. The van der Waals surface area contributed by atoms with Crippen molar-refractivity contribution in [2.24, 2.45) is 5.92 Å². The number of rotatable bonds is 6. The van der Waals surface area contributed by atoms with Crippen molar-refractivity contribution < 1.29 is 9.90 Å². The van der Waals surface area contributed by atoms with Crippen molar-refractivity contribution in [1.82, 2.24) is 5.32 Å². The highest BCUT2D eigenvalue weighted by molar-refractivity contribution is 5.87. The fourth-order valence-corrected chi connectivity index (χ4v) is 1.89. The van der Waals surface area contributed by atoms with Crippen LogP contribution in [-0.4, -0.2) is 23.5 Å². The molecule has 1 aromatic rings. The molecule has 0 amide bonds. The van der Waals surface area contributed by atoms with E-state index in [1.165, 1.54) is 5.56 Å². The van der Waals surface area contributed by atoms with Crippen molar-refractivity contribution in [3.05, 3.63) is 35.9 Å². The first-order valence-electron chi connectivity index (χ1n) is 6.18. The van der Waals surface area contributed by atoms with Crippen molar-refractivity contribution in [2.45, 2.75) is 31.9 Å². The third-order valence-electron chi connectivity index (χ3n) is 3.23. The molecule has 0 aliphatic heterocycles. The zero-order chi connectivity index (χ0) is 12.3. The second-order valence-corrected chi connectivity index (χ2v) is 4.73. The standard InChI is InChI=1S/C14H19NO2/c1-10(11-5-3-2-4-6-11)15-9-13(16)14(17)12-7-8-12/h2-6,10,12-13,15-16H,7-9H2,1H3/t10-,13?/m0/s1. The fraction of sp³-hybridized carbons (Fsp3) is 0.500. The zero-order valence-corrected chi connectivity index (χ0v) is 10.1. The van der Waals surface area contributed by atoms with Crippen molar-refractivity contribution in [2.75, 3.05) is 6.54 Å². The van der Waals surface area contributed by atoms with Crippen molar-refractivity contribution in [3.8, 4) is 0 Å². The Hall–Kier alpha value is -1.19. The highest BCUT2D eigenvalue weighted by Crippen LogP contribution is 2.30. The van der Waals surface area contributed by atoms with E-state index in [1.807, 2.05) is 37.3 Å². The molecule has 17 heavy (non-hydrogen) atoms. The third kappa shape index (κ3) is 3.38. The number of hydrogen-bond acceptors (Lipinski definition) is 3. The molecule has 92 valence electrons. The molecule has 2 atom stereocenters. The minimum Gasteiger partial charge on any atom is -0.384 e. The van der Waals surface area contributed by atoms with Crippen LogP contribution in [0, 0.1) is 5.92 Å². The van der Waals surface area contributed by atoms with Crippen LogP contribution < -0.4 is 5.32 Å². The molecule has 1 aliphatic rings. The molecule has 0 radical (unpaired) electrons. The Morgan fingerprint density at radius 2 is 2.06 bits per heavy atom. The maximum Gasteiger partial charge on any atom is 0.165 e. The highest BCUT2D eigenvalue weighted by atomic mass is 16.3. The van der Waals surface area contributed by atoms with Gasteiger partial charge in [0.1, 0.15) is 6.10 Å². The largest absolute Gasteiger partial charge is 0.384 e. The van der Waals surface area contributed by atoms with Crippen molar-refractivity contribution in [3.63, 3.8) is 0 Å². The maximum absolute atomic E-state index is 11.6. The van der Waals surface area contributed by atoms with E-state index in [0.29, 0.717) is 6.54 Å². The SMILES string of the molecule is C[C@H](NCC(O)C(=O)C1CC1)c1ccccc1. The first-order chi connectivity index (χ1) is 8.18. The molecular formula is C14H19NO2. The molecule has 1 saturated carbocycles. The van der Waals surface area contributed by atoms with E-state index in [4.69, 9.17) is 0 Å². The molecule has 3 heteroatoms. The number of carbonyl (C=O) groups excluding carboxylic acids is 1. The Morgan fingerprint density at radius 1 is 1.41 bits per heavy atom. The van der Waals surface area contributed by atoms with Gasteiger partial charge in [0.25, 0.3) is 0 Å². The van der Waals surface area contributed by atoms with Gasteiger partial charge in [-0.05, 0) is 25.3 Å². The lowest BCUT2D eigenvalue weighted by Crippen LogP contribution is -2.35. The van der Waals surface area contributed by atoms with Crippen LogP contribution in [0.1, 0.15) is 31.4 Å². The van der Waals surface area contributed by atoms with Gasteiger partial charge in [-0.3, -0.25) is 4.79 Å². The van der Waals surface area contributed by atoms with Crippen LogP contribution in [0.2, 0.25) is 0 Å². The first-order valence-corrected chi connectivity index (χ1v) is 6.18. The summed E-state index contributed by atoms with van der Waals surface area (Å²) < 4.78 is 0. The first kappa shape index (κ1) is 12.3. The lowest BCUT2D eigenvalue weighted by atomic mass is 10.1. The van der Waals surface area contributed by atoms with Crippen LogP contribution in [0.4, 0.5) is 0 Å². The number of ketones is 1. The van der Waals surface area contributed by atoms with Crippen LogP contribution in [0.3, 0.4) is 0 Å². The van der Waals surface area contributed by atoms with Gasteiger partial charge in [-0.25, -0.2) is 0 Å². The fourth-order valence-electron chi connectivity index (χ4n) is 1.89. The van der Waals surface area contributed by atoms with Crippen LogP contribution >= 0.6 is 0 Å². The molecule has 2 rings (SSSR count). The summed E-state index contributed by atoms with van der Waals surface area (Å²) in [5.74, 6) is 0.122. The van der Waals surface area contributed by atoms with E-state index in [2.05, 4.69) is 5.32 Å². The van der Waals surface area contributed by atoms with Gasteiger partial charge < -0.3 is 10.4 Å². The van der Waals surface area contributed by atoms with Gasteiger partial charge in [0.15, 0.2) is 5.78 Å². The van der Waals surface area contributed by atoms with Gasteiger partial charge in [0.05, 0.1) is 0 Å². The number of hydrogen-bond donors (Lipinski definition) is 2. The van der Waals surface area contributed by atoms with Gasteiger partial charge in [0.2, 0.25) is 0 Å². The average molecular weight is 233 g/mol. The van der Waals surface area contributed by atoms with Gasteiger partial charge in [-0.1, -0.05) is 30.3 Å². The minimum atomic E-state index is -0.853. The number of benzene rings is 1. The monoisotopic (exact) mass is 233 g/mol. The number of aliphatic hydroxyl groups excluding tert-OH is 1. The average Bonchev–Trinajstić information content (AvgIpc) is 3.20. The second-order valence-electron chi connectivity index (χ2n) is 4.73. The summed E-state index contributed by atoms with van der Waals surface area (Å²) in [5.41, 5.74) is 1.17. The lowest BCUT2D eigenvalue weighted by Gasteiger charge is -2.16. The third-order valence-corrected chi connectivity index (χ3v) is 3.23. The zero-order valence-electron chi connectivity index (χ0n) is 10.1.